The van der Waals surface area contributed by atoms with Crippen molar-refractivity contribution in [1.82, 2.24) is 20.3 Å². The molecule has 0 saturated heterocycles. The van der Waals surface area contributed by atoms with Gasteiger partial charge in [-0.15, -0.1) is 5.10 Å². The molecule has 5 heteroatoms. The fourth-order valence-electron chi connectivity index (χ4n) is 2.31. The minimum atomic E-state index is -0.194. The van der Waals surface area contributed by atoms with E-state index in [2.05, 4.69) is 15.6 Å². The van der Waals surface area contributed by atoms with Gasteiger partial charge in [-0.2, -0.15) is 0 Å². The van der Waals surface area contributed by atoms with Crippen molar-refractivity contribution in [2.45, 2.75) is 13.0 Å². The van der Waals surface area contributed by atoms with E-state index in [-0.39, 0.29) is 5.91 Å². The molecular weight excluding hydrogens is 288 g/mol. The van der Waals surface area contributed by atoms with Crippen molar-refractivity contribution in [2.24, 2.45) is 0 Å². The minimum Gasteiger partial charge on any atom is -0.350 e. The molecule has 5 nitrogen and oxygen atoms in total. The highest BCUT2D eigenvalue weighted by molar-refractivity contribution is 5.91. The number of hydrogen-bond acceptors (Lipinski definition) is 3. The maximum atomic E-state index is 12.1. The quantitative estimate of drug-likeness (QED) is 0.760. The van der Waals surface area contributed by atoms with Gasteiger partial charge < -0.3 is 5.32 Å². The Labute approximate surface area is 135 Å². The zero-order valence-corrected chi connectivity index (χ0v) is 12.7. The smallest absolute Gasteiger partial charge is 0.273 e. The van der Waals surface area contributed by atoms with Crippen LogP contribution in [0.15, 0.2) is 66.9 Å². The summed E-state index contributed by atoms with van der Waals surface area (Å²) in [7, 11) is 0. The van der Waals surface area contributed by atoms with Crippen LogP contribution in [0.25, 0.3) is 0 Å². The zero-order valence-electron chi connectivity index (χ0n) is 12.7. The second kappa shape index (κ2) is 7.35. The van der Waals surface area contributed by atoms with E-state index in [0.29, 0.717) is 18.8 Å². The van der Waals surface area contributed by atoms with Crippen LogP contribution in [-0.2, 0) is 13.0 Å². The fraction of sp³-hybridized carbons (Fsp3) is 0.167. The minimum absolute atomic E-state index is 0.194. The molecule has 0 radical (unpaired) electrons. The Morgan fingerprint density at radius 1 is 0.957 bits per heavy atom. The van der Waals surface area contributed by atoms with Gasteiger partial charge in [0.25, 0.3) is 5.91 Å². The Bertz CT molecular complexity index is 753. The molecule has 0 aliphatic carbocycles. The molecule has 3 rings (SSSR count). The number of nitrogens with zero attached hydrogens (tertiary/aromatic N) is 3. The van der Waals surface area contributed by atoms with Crippen LogP contribution >= 0.6 is 0 Å². The summed E-state index contributed by atoms with van der Waals surface area (Å²) in [5, 5.41) is 10.8. The molecule has 2 aromatic carbocycles. The summed E-state index contributed by atoms with van der Waals surface area (Å²) in [6.07, 6.45) is 2.47. The number of amides is 1. The molecule has 0 saturated carbocycles. The number of hydrogen-bond donors (Lipinski definition) is 1. The molecule has 116 valence electrons. The van der Waals surface area contributed by atoms with Gasteiger partial charge in [0.2, 0.25) is 0 Å². The van der Waals surface area contributed by atoms with Gasteiger partial charge >= 0.3 is 0 Å². The number of nitrogens with one attached hydrogen (secondary N) is 1. The lowest BCUT2D eigenvalue weighted by Gasteiger charge is -2.03. The molecular formula is C18H18N4O. The number of carbonyl (C=O) groups excluding carboxylic acids is 1. The molecule has 0 aliphatic heterocycles. The predicted octanol–water partition coefficient (Wildman–Crippen LogP) is 2.30. The van der Waals surface area contributed by atoms with Crippen LogP contribution in [0.3, 0.4) is 0 Å². The zero-order chi connectivity index (χ0) is 15.9. The number of rotatable bonds is 6. The largest absolute Gasteiger partial charge is 0.350 e. The summed E-state index contributed by atoms with van der Waals surface area (Å²) in [5.74, 6) is -0.194. The van der Waals surface area contributed by atoms with Crippen molar-refractivity contribution in [3.8, 4) is 0 Å². The third-order valence-corrected chi connectivity index (χ3v) is 3.50. The van der Waals surface area contributed by atoms with Gasteiger partial charge in [0.15, 0.2) is 5.69 Å². The molecule has 23 heavy (non-hydrogen) atoms. The standard InChI is InChI=1S/C18H18N4O/c23-18(19-12-11-15-7-3-1-4-8-15)17-14-22(21-20-17)13-16-9-5-2-6-10-16/h1-10,14H,11-13H2,(H,19,23). The van der Waals surface area contributed by atoms with Crippen LogP contribution < -0.4 is 5.32 Å². The number of aromatic nitrogens is 3. The van der Waals surface area contributed by atoms with Gasteiger partial charge in [-0.25, -0.2) is 4.68 Å². The summed E-state index contributed by atoms with van der Waals surface area (Å²) in [6.45, 7) is 1.18. The first kappa shape index (κ1) is 15.0. The molecule has 1 aromatic heterocycles. The summed E-state index contributed by atoms with van der Waals surface area (Å²) in [5.41, 5.74) is 2.66. The summed E-state index contributed by atoms with van der Waals surface area (Å²) >= 11 is 0. The van der Waals surface area contributed by atoms with E-state index in [1.165, 1.54) is 5.56 Å². The van der Waals surface area contributed by atoms with E-state index in [4.69, 9.17) is 0 Å². The van der Waals surface area contributed by atoms with Gasteiger partial charge in [0, 0.05) is 6.54 Å². The Morgan fingerprint density at radius 2 is 1.61 bits per heavy atom. The van der Waals surface area contributed by atoms with Crippen molar-refractivity contribution < 1.29 is 4.79 Å². The van der Waals surface area contributed by atoms with Gasteiger partial charge in [0.05, 0.1) is 12.7 Å². The number of carbonyl (C=O) groups is 1. The maximum Gasteiger partial charge on any atom is 0.273 e. The summed E-state index contributed by atoms with van der Waals surface area (Å²) in [4.78, 5) is 12.1. The van der Waals surface area contributed by atoms with Crippen LogP contribution in [0.2, 0.25) is 0 Å². The second-order valence-corrected chi connectivity index (χ2v) is 5.28. The predicted molar refractivity (Wildman–Crippen MR) is 88.0 cm³/mol. The van der Waals surface area contributed by atoms with Crippen LogP contribution in [0.5, 0.6) is 0 Å². The normalized spacial score (nSPS) is 10.4. The topological polar surface area (TPSA) is 59.8 Å². The first-order valence-corrected chi connectivity index (χ1v) is 7.57. The van der Waals surface area contributed by atoms with Crippen molar-refractivity contribution in [3.63, 3.8) is 0 Å². The van der Waals surface area contributed by atoms with Gasteiger partial charge in [-0.05, 0) is 17.5 Å². The van der Waals surface area contributed by atoms with Crippen molar-refractivity contribution in [2.75, 3.05) is 6.54 Å². The molecule has 0 aliphatic rings. The lowest BCUT2D eigenvalue weighted by atomic mass is 10.1. The first-order valence-electron chi connectivity index (χ1n) is 7.57. The highest BCUT2D eigenvalue weighted by atomic mass is 16.2. The molecule has 3 aromatic rings. The molecule has 0 unspecified atom stereocenters. The van der Waals surface area contributed by atoms with Gasteiger partial charge in [-0.1, -0.05) is 65.9 Å². The summed E-state index contributed by atoms with van der Waals surface area (Å²) < 4.78 is 1.67. The fourth-order valence-corrected chi connectivity index (χ4v) is 2.31. The molecule has 0 bridgehead atoms. The summed E-state index contributed by atoms with van der Waals surface area (Å²) in [6, 6.07) is 20.0. The number of benzene rings is 2. The van der Waals surface area contributed by atoms with Crippen LogP contribution in [-0.4, -0.2) is 27.4 Å². The van der Waals surface area contributed by atoms with E-state index in [1.54, 1.807) is 10.9 Å². The highest BCUT2D eigenvalue weighted by Gasteiger charge is 2.10. The molecule has 1 amide bonds. The van der Waals surface area contributed by atoms with Crippen molar-refractivity contribution >= 4 is 5.91 Å². The molecule has 1 N–H and O–H groups in total. The van der Waals surface area contributed by atoms with Crippen molar-refractivity contribution in [1.29, 1.82) is 0 Å². The monoisotopic (exact) mass is 306 g/mol. The molecule has 0 fully saturated rings. The Kier molecular flexibility index (Phi) is 4.79. The average molecular weight is 306 g/mol. The highest BCUT2D eigenvalue weighted by Crippen LogP contribution is 2.03. The lowest BCUT2D eigenvalue weighted by Crippen LogP contribution is -2.26. The lowest BCUT2D eigenvalue weighted by molar-refractivity contribution is 0.0949. The molecule has 0 atom stereocenters. The average Bonchev–Trinajstić information content (AvgIpc) is 3.05. The Hall–Kier alpha value is -2.95. The van der Waals surface area contributed by atoms with Crippen LogP contribution in [0.4, 0.5) is 0 Å². The first-order chi connectivity index (χ1) is 11.3. The molecule has 0 spiro atoms. The van der Waals surface area contributed by atoms with Gasteiger partial charge in [-0.3, -0.25) is 4.79 Å². The SMILES string of the molecule is O=C(NCCc1ccccc1)c1cn(Cc2ccccc2)nn1. The van der Waals surface area contributed by atoms with Gasteiger partial charge in [0.1, 0.15) is 0 Å². The van der Waals surface area contributed by atoms with Crippen LogP contribution in [0, 0.1) is 0 Å². The second-order valence-electron chi connectivity index (χ2n) is 5.28. The third-order valence-electron chi connectivity index (χ3n) is 3.50. The van der Waals surface area contributed by atoms with Crippen LogP contribution in [0.1, 0.15) is 21.6 Å². The van der Waals surface area contributed by atoms with E-state index < -0.39 is 0 Å². The van der Waals surface area contributed by atoms with E-state index in [0.717, 1.165) is 12.0 Å². The third kappa shape index (κ3) is 4.26. The van der Waals surface area contributed by atoms with E-state index >= 15 is 0 Å². The Balaban J connectivity index is 1.52. The van der Waals surface area contributed by atoms with Crippen molar-refractivity contribution in [3.05, 3.63) is 83.7 Å². The molecule has 1 heterocycles. The maximum absolute atomic E-state index is 12.1. The van der Waals surface area contributed by atoms with E-state index in [1.807, 2.05) is 60.7 Å². The Morgan fingerprint density at radius 3 is 2.30 bits per heavy atom. The van der Waals surface area contributed by atoms with E-state index in [9.17, 15) is 4.79 Å².